The van der Waals surface area contributed by atoms with Gasteiger partial charge in [0.2, 0.25) is 5.91 Å². The van der Waals surface area contributed by atoms with Gasteiger partial charge in [0.25, 0.3) is 0 Å². The minimum absolute atomic E-state index is 0.0334. The minimum Gasteiger partial charge on any atom is -0.353 e. The number of amides is 3. The third-order valence-corrected chi connectivity index (χ3v) is 5.61. The van der Waals surface area contributed by atoms with E-state index in [-0.39, 0.29) is 11.9 Å². The fraction of sp³-hybridized carbons (Fsp3) is 0.619. The number of urea groups is 1. The maximum absolute atomic E-state index is 12.5. The quantitative estimate of drug-likeness (QED) is 0.834. The summed E-state index contributed by atoms with van der Waals surface area (Å²) in [4.78, 5) is 26.5. The smallest absolute Gasteiger partial charge is 0.321 e. The molecule has 0 spiro atoms. The second kappa shape index (κ2) is 9.06. The van der Waals surface area contributed by atoms with Crippen molar-refractivity contribution in [2.45, 2.75) is 64.3 Å². The van der Waals surface area contributed by atoms with Crippen molar-refractivity contribution in [1.29, 1.82) is 0 Å². The van der Waals surface area contributed by atoms with Gasteiger partial charge in [0.15, 0.2) is 0 Å². The standard InChI is InChI=1S/C21H31N3O2/c1-16-8-11-19(12-9-16)23-21(26)24-14-4-5-17(15-24)10-13-20(25)22-18-6-2-3-7-18/h8-9,11-12,17-18H,2-7,10,13-15H2,1H3,(H,22,25)(H,23,26)/t17-/m0/s1. The molecule has 1 heterocycles. The first-order chi connectivity index (χ1) is 12.6. The number of anilines is 1. The average Bonchev–Trinajstić information content (AvgIpc) is 3.15. The van der Waals surface area contributed by atoms with Crippen LogP contribution in [0.15, 0.2) is 24.3 Å². The van der Waals surface area contributed by atoms with Crippen molar-refractivity contribution in [1.82, 2.24) is 10.2 Å². The van der Waals surface area contributed by atoms with Crippen molar-refractivity contribution >= 4 is 17.6 Å². The maximum atomic E-state index is 12.5. The molecule has 1 saturated carbocycles. The van der Waals surface area contributed by atoms with Crippen molar-refractivity contribution in [2.75, 3.05) is 18.4 Å². The molecule has 2 N–H and O–H groups in total. The molecule has 1 aromatic rings. The van der Waals surface area contributed by atoms with Crippen molar-refractivity contribution in [2.24, 2.45) is 5.92 Å². The summed E-state index contributed by atoms with van der Waals surface area (Å²) in [7, 11) is 0. The molecule has 2 aliphatic rings. The summed E-state index contributed by atoms with van der Waals surface area (Å²) in [6.07, 6.45) is 8.28. The molecule has 5 nitrogen and oxygen atoms in total. The Labute approximate surface area is 156 Å². The van der Waals surface area contributed by atoms with Crippen LogP contribution in [0.1, 0.15) is 56.9 Å². The van der Waals surface area contributed by atoms with E-state index in [0.29, 0.717) is 18.4 Å². The SMILES string of the molecule is Cc1ccc(NC(=O)N2CCC[C@@H](CCC(=O)NC3CCCC3)C2)cc1. The molecular formula is C21H31N3O2. The lowest BCUT2D eigenvalue weighted by molar-refractivity contribution is -0.122. The summed E-state index contributed by atoms with van der Waals surface area (Å²) in [5.74, 6) is 0.597. The monoisotopic (exact) mass is 357 g/mol. The zero-order valence-electron chi connectivity index (χ0n) is 15.8. The first-order valence-electron chi connectivity index (χ1n) is 10.0. The summed E-state index contributed by atoms with van der Waals surface area (Å²) in [6, 6.07) is 8.22. The average molecular weight is 357 g/mol. The number of nitrogens with zero attached hydrogens (tertiary/aromatic N) is 1. The van der Waals surface area contributed by atoms with Gasteiger partial charge in [-0.2, -0.15) is 0 Å². The molecule has 3 amide bonds. The van der Waals surface area contributed by atoms with E-state index in [1.807, 2.05) is 36.1 Å². The highest BCUT2D eigenvalue weighted by Crippen LogP contribution is 2.23. The van der Waals surface area contributed by atoms with E-state index in [4.69, 9.17) is 0 Å². The number of carbonyl (C=O) groups excluding carboxylic acids is 2. The fourth-order valence-corrected chi connectivity index (χ4v) is 4.03. The maximum Gasteiger partial charge on any atom is 0.321 e. The predicted molar refractivity (Wildman–Crippen MR) is 104 cm³/mol. The van der Waals surface area contributed by atoms with E-state index in [9.17, 15) is 9.59 Å². The zero-order chi connectivity index (χ0) is 18.4. The van der Waals surface area contributed by atoms with Crippen LogP contribution in [0.4, 0.5) is 10.5 Å². The molecule has 3 rings (SSSR count). The third-order valence-electron chi connectivity index (χ3n) is 5.61. The Kier molecular flexibility index (Phi) is 6.53. The molecule has 1 aliphatic heterocycles. The number of benzene rings is 1. The number of aryl methyl sites for hydroxylation is 1. The number of hydrogen-bond acceptors (Lipinski definition) is 2. The number of nitrogens with one attached hydrogen (secondary N) is 2. The van der Waals surface area contributed by atoms with Gasteiger partial charge in [0, 0.05) is 31.2 Å². The van der Waals surface area contributed by atoms with E-state index in [2.05, 4.69) is 10.6 Å². The summed E-state index contributed by atoms with van der Waals surface area (Å²) in [5, 5.41) is 6.14. The Morgan fingerprint density at radius 3 is 2.54 bits per heavy atom. The van der Waals surface area contributed by atoms with Crippen molar-refractivity contribution in [3.05, 3.63) is 29.8 Å². The Morgan fingerprint density at radius 1 is 1.08 bits per heavy atom. The van der Waals surface area contributed by atoms with Crippen LogP contribution in [0.3, 0.4) is 0 Å². The van der Waals surface area contributed by atoms with Crippen LogP contribution in [-0.2, 0) is 4.79 Å². The second-order valence-corrected chi connectivity index (χ2v) is 7.84. The van der Waals surface area contributed by atoms with Crippen LogP contribution in [0.2, 0.25) is 0 Å². The lowest BCUT2D eigenvalue weighted by Crippen LogP contribution is -2.42. The lowest BCUT2D eigenvalue weighted by Gasteiger charge is -2.32. The molecular weight excluding hydrogens is 326 g/mol. The van der Waals surface area contributed by atoms with Gasteiger partial charge >= 0.3 is 6.03 Å². The topological polar surface area (TPSA) is 61.4 Å². The summed E-state index contributed by atoms with van der Waals surface area (Å²) in [6.45, 7) is 3.57. The van der Waals surface area contributed by atoms with Crippen LogP contribution < -0.4 is 10.6 Å². The van der Waals surface area contributed by atoms with Crippen LogP contribution in [0.25, 0.3) is 0 Å². The molecule has 0 aromatic heterocycles. The highest BCUT2D eigenvalue weighted by atomic mass is 16.2. The van der Waals surface area contributed by atoms with Crippen molar-refractivity contribution in [3.8, 4) is 0 Å². The molecule has 1 aliphatic carbocycles. The Hall–Kier alpha value is -2.04. The van der Waals surface area contributed by atoms with Gasteiger partial charge in [0.1, 0.15) is 0 Å². The zero-order valence-corrected chi connectivity index (χ0v) is 15.8. The van der Waals surface area contributed by atoms with Crippen LogP contribution in [-0.4, -0.2) is 36.0 Å². The third kappa shape index (κ3) is 5.48. The van der Waals surface area contributed by atoms with E-state index in [1.54, 1.807) is 0 Å². The van der Waals surface area contributed by atoms with Crippen molar-refractivity contribution in [3.63, 3.8) is 0 Å². The Balaban J connectivity index is 1.42. The number of carbonyl (C=O) groups is 2. The molecule has 0 bridgehead atoms. The minimum atomic E-state index is -0.0334. The first kappa shape index (κ1) is 18.7. The van der Waals surface area contributed by atoms with Gasteiger partial charge in [0.05, 0.1) is 0 Å². The van der Waals surface area contributed by atoms with E-state index >= 15 is 0 Å². The molecule has 26 heavy (non-hydrogen) atoms. The molecule has 0 unspecified atom stereocenters. The van der Waals surface area contributed by atoms with Crippen molar-refractivity contribution < 1.29 is 9.59 Å². The lowest BCUT2D eigenvalue weighted by atomic mass is 9.93. The normalized spacial score (nSPS) is 20.8. The molecule has 0 radical (unpaired) electrons. The highest BCUT2D eigenvalue weighted by Gasteiger charge is 2.25. The second-order valence-electron chi connectivity index (χ2n) is 7.84. The number of rotatable bonds is 5. The van der Waals surface area contributed by atoms with Crippen LogP contribution in [0.5, 0.6) is 0 Å². The highest BCUT2D eigenvalue weighted by molar-refractivity contribution is 5.89. The fourth-order valence-electron chi connectivity index (χ4n) is 4.03. The van der Waals surface area contributed by atoms with Gasteiger partial charge in [-0.3, -0.25) is 4.79 Å². The van der Waals surface area contributed by atoms with Crippen LogP contribution in [0, 0.1) is 12.8 Å². The van der Waals surface area contributed by atoms with Crippen LogP contribution >= 0.6 is 0 Å². The van der Waals surface area contributed by atoms with E-state index in [1.165, 1.54) is 18.4 Å². The number of hydrogen-bond donors (Lipinski definition) is 2. The molecule has 2 fully saturated rings. The van der Waals surface area contributed by atoms with Gasteiger partial charge < -0.3 is 15.5 Å². The van der Waals surface area contributed by atoms with Gasteiger partial charge in [-0.15, -0.1) is 0 Å². The van der Waals surface area contributed by atoms with Gasteiger partial charge in [-0.1, -0.05) is 30.5 Å². The first-order valence-corrected chi connectivity index (χ1v) is 10.0. The number of piperidine rings is 1. The summed E-state index contributed by atoms with van der Waals surface area (Å²) in [5.41, 5.74) is 2.01. The Morgan fingerprint density at radius 2 is 1.81 bits per heavy atom. The molecule has 1 saturated heterocycles. The molecule has 1 aromatic carbocycles. The Bertz CT molecular complexity index is 608. The molecule has 142 valence electrons. The van der Waals surface area contributed by atoms with Gasteiger partial charge in [-0.25, -0.2) is 4.79 Å². The van der Waals surface area contributed by atoms with Gasteiger partial charge in [-0.05, 0) is 57.1 Å². The summed E-state index contributed by atoms with van der Waals surface area (Å²) >= 11 is 0. The number of likely N-dealkylation sites (tertiary alicyclic amines) is 1. The molecule has 5 heteroatoms. The molecule has 1 atom stereocenters. The van der Waals surface area contributed by atoms with E-state index in [0.717, 1.165) is 50.9 Å². The predicted octanol–water partition coefficient (Wildman–Crippen LogP) is 4.08. The van der Waals surface area contributed by atoms with E-state index < -0.39 is 0 Å². The summed E-state index contributed by atoms with van der Waals surface area (Å²) < 4.78 is 0. The largest absolute Gasteiger partial charge is 0.353 e.